The number of hydrogen-bond donors (Lipinski definition) is 0. The van der Waals surface area contributed by atoms with E-state index in [9.17, 15) is 4.39 Å². The molecule has 0 aliphatic rings. The van der Waals surface area contributed by atoms with Crippen LogP contribution in [-0.4, -0.2) is 14.1 Å². The van der Waals surface area contributed by atoms with E-state index in [1.54, 1.807) is 31.1 Å². The fraction of sp³-hybridized carbons (Fsp3) is 0.250. The predicted octanol–water partition coefficient (Wildman–Crippen LogP) is 1.69. The molecule has 0 fully saturated rings. The molecule has 1 aromatic rings. The summed E-state index contributed by atoms with van der Waals surface area (Å²) in [7, 11) is 3.57. The molecule has 0 unspecified atom stereocenters. The Morgan fingerprint density at radius 1 is 1.50 bits per heavy atom. The van der Waals surface area contributed by atoms with Crippen molar-refractivity contribution in [2.24, 2.45) is 0 Å². The largest absolute Gasteiger partial charge is 0.375 e. The predicted molar refractivity (Wildman–Crippen MR) is 39.6 cm³/mol. The second kappa shape index (κ2) is 2.69. The zero-order valence-corrected chi connectivity index (χ0v) is 6.06. The monoisotopic (exact) mass is 138 g/mol. The number of para-hydroxylation sites is 1. The molecule has 0 spiro atoms. The van der Waals surface area contributed by atoms with Crippen molar-refractivity contribution in [1.82, 2.24) is 0 Å². The number of hydrogen-bond acceptors (Lipinski definition) is 1. The zero-order valence-electron chi connectivity index (χ0n) is 6.06. The van der Waals surface area contributed by atoms with Crippen LogP contribution < -0.4 is 4.90 Å². The van der Waals surface area contributed by atoms with Gasteiger partial charge in [0.05, 0.1) is 5.69 Å². The lowest BCUT2D eigenvalue weighted by molar-refractivity contribution is 0.626. The molecule has 0 aliphatic carbocycles. The Morgan fingerprint density at radius 3 is 2.60 bits per heavy atom. The highest BCUT2D eigenvalue weighted by atomic mass is 19.1. The third kappa shape index (κ3) is 1.26. The first-order valence-electron chi connectivity index (χ1n) is 3.05. The van der Waals surface area contributed by atoms with Gasteiger partial charge >= 0.3 is 0 Å². The first kappa shape index (κ1) is 7.06. The molecule has 1 nitrogen and oxygen atoms in total. The Morgan fingerprint density at radius 2 is 2.20 bits per heavy atom. The molecular formula is C8H9FN. The smallest absolute Gasteiger partial charge is 0.147 e. The molecule has 0 bridgehead atoms. The van der Waals surface area contributed by atoms with Crippen LogP contribution in [0.1, 0.15) is 0 Å². The summed E-state index contributed by atoms with van der Waals surface area (Å²) in [5.41, 5.74) is 0.502. The van der Waals surface area contributed by atoms with Crippen molar-refractivity contribution in [2.45, 2.75) is 0 Å². The van der Waals surface area contributed by atoms with Crippen LogP contribution in [0.3, 0.4) is 0 Å². The van der Waals surface area contributed by atoms with E-state index in [1.165, 1.54) is 6.07 Å². The Balaban J connectivity index is 3.03. The van der Waals surface area contributed by atoms with Crippen molar-refractivity contribution in [2.75, 3.05) is 19.0 Å². The van der Waals surface area contributed by atoms with Crippen molar-refractivity contribution in [3.05, 3.63) is 30.1 Å². The van der Waals surface area contributed by atoms with Crippen LogP contribution in [0.25, 0.3) is 0 Å². The summed E-state index contributed by atoms with van der Waals surface area (Å²) in [5, 5.41) is 0. The summed E-state index contributed by atoms with van der Waals surface area (Å²) < 4.78 is 12.8. The lowest BCUT2D eigenvalue weighted by Crippen LogP contribution is -2.10. The van der Waals surface area contributed by atoms with Crippen LogP contribution in [-0.2, 0) is 0 Å². The van der Waals surface area contributed by atoms with Gasteiger partial charge < -0.3 is 4.90 Å². The highest BCUT2D eigenvalue weighted by molar-refractivity contribution is 5.44. The molecule has 1 aromatic carbocycles. The van der Waals surface area contributed by atoms with Crippen molar-refractivity contribution in [1.29, 1.82) is 0 Å². The SMILES string of the molecule is CN(C)c1[c]cccc1F. The van der Waals surface area contributed by atoms with Gasteiger partial charge in [0.1, 0.15) is 5.82 Å². The molecule has 0 saturated heterocycles. The number of rotatable bonds is 1. The Labute approximate surface area is 60.1 Å². The zero-order chi connectivity index (χ0) is 7.56. The summed E-state index contributed by atoms with van der Waals surface area (Å²) in [6.45, 7) is 0. The van der Waals surface area contributed by atoms with Crippen LogP contribution in [0.5, 0.6) is 0 Å². The average molecular weight is 138 g/mol. The lowest BCUT2D eigenvalue weighted by Gasteiger charge is -2.11. The minimum Gasteiger partial charge on any atom is -0.375 e. The van der Waals surface area contributed by atoms with Crippen LogP contribution in [0.2, 0.25) is 0 Å². The van der Waals surface area contributed by atoms with Gasteiger partial charge in [-0.1, -0.05) is 12.1 Å². The molecule has 10 heavy (non-hydrogen) atoms. The molecule has 0 heterocycles. The second-order valence-corrected chi connectivity index (χ2v) is 2.26. The minimum atomic E-state index is -0.229. The molecule has 1 rings (SSSR count). The lowest BCUT2D eigenvalue weighted by atomic mass is 10.3. The number of nitrogens with zero attached hydrogens (tertiary/aromatic N) is 1. The molecule has 53 valence electrons. The first-order valence-corrected chi connectivity index (χ1v) is 3.05. The topological polar surface area (TPSA) is 3.24 Å². The number of halogens is 1. The Bertz CT molecular complexity index is 220. The van der Waals surface area contributed by atoms with Gasteiger partial charge in [-0.15, -0.1) is 0 Å². The van der Waals surface area contributed by atoms with Crippen molar-refractivity contribution < 1.29 is 4.39 Å². The van der Waals surface area contributed by atoms with Gasteiger partial charge in [0.15, 0.2) is 0 Å². The molecule has 0 aromatic heterocycles. The maximum atomic E-state index is 12.8. The molecular weight excluding hydrogens is 129 g/mol. The quantitative estimate of drug-likeness (QED) is 0.570. The van der Waals surface area contributed by atoms with E-state index in [2.05, 4.69) is 6.07 Å². The number of anilines is 1. The van der Waals surface area contributed by atoms with Crippen LogP contribution in [0.15, 0.2) is 18.2 Å². The summed E-state index contributed by atoms with van der Waals surface area (Å²) in [6.07, 6.45) is 0. The van der Waals surface area contributed by atoms with E-state index in [1.807, 2.05) is 0 Å². The number of benzene rings is 1. The van der Waals surface area contributed by atoms with E-state index in [0.717, 1.165) is 0 Å². The fourth-order valence-corrected chi connectivity index (χ4v) is 0.750. The summed E-state index contributed by atoms with van der Waals surface area (Å²) in [6, 6.07) is 7.53. The van der Waals surface area contributed by atoms with Gasteiger partial charge in [-0.25, -0.2) is 4.39 Å². The molecule has 1 radical (unpaired) electrons. The summed E-state index contributed by atoms with van der Waals surface area (Å²) >= 11 is 0. The van der Waals surface area contributed by atoms with Gasteiger partial charge in [-0.2, -0.15) is 0 Å². The van der Waals surface area contributed by atoms with Gasteiger partial charge in [-0.05, 0) is 6.07 Å². The van der Waals surface area contributed by atoms with E-state index >= 15 is 0 Å². The van der Waals surface area contributed by atoms with Crippen molar-refractivity contribution >= 4 is 5.69 Å². The summed E-state index contributed by atoms with van der Waals surface area (Å²) in [4.78, 5) is 1.69. The van der Waals surface area contributed by atoms with Crippen LogP contribution in [0.4, 0.5) is 10.1 Å². The van der Waals surface area contributed by atoms with E-state index < -0.39 is 0 Å². The third-order valence-electron chi connectivity index (χ3n) is 1.23. The van der Waals surface area contributed by atoms with E-state index in [0.29, 0.717) is 5.69 Å². The second-order valence-electron chi connectivity index (χ2n) is 2.26. The molecule has 2 heteroatoms. The molecule has 0 N–H and O–H groups in total. The third-order valence-corrected chi connectivity index (χ3v) is 1.23. The van der Waals surface area contributed by atoms with Gasteiger partial charge in [0, 0.05) is 20.2 Å². The van der Waals surface area contributed by atoms with Crippen LogP contribution in [0, 0.1) is 11.9 Å². The van der Waals surface area contributed by atoms with Gasteiger partial charge in [0.25, 0.3) is 0 Å². The highest BCUT2D eigenvalue weighted by Gasteiger charge is 2.00. The molecule has 0 amide bonds. The highest BCUT2D eigenvalue weighted by Crippen LogP contribution is 2.13. The van der Waals surface area contributed by atoms with Gasteiger partial charge in [-0.3, -0.25) is 0 Å². The summed E-state index contributed by atoms with van der Waals surface area (Å²) in [5.74, 6) is -0.229. The Kier molecular flexibility index (Phi) is 1.90. The maximum absolute atomic E-state index is 12.8. The van der Waals surface area contributed by atoms with Crippen molar-refractivity contribution in [3.8, 4) is 0 Å². The molecule has 0 aliphatic heterocycles. The van der Waals surface area contributed by atoms with Crippen LogP contribution >= 0.6 is 0 Å². The Hall–Kier alpha value is -1.05. The standard InChI is InChI=1S/C8H9FN/c1-10(2)8-6-4-3-5-7(8)9/h3-5H,1-2H3. The van der Waals surface area contributed by atoms with E-state index in [4.69, 9.17) is 0 Å². The fourth-order valence-electron chi connectivity index (χ4n) is 0.750. The molecule has 0 saturated carbocycles. The minimum absolute atomic E-state index is 0.229. The first-order chi connectivity index (χ1) is 4.72. The normalized spacial score (nSPS) is 9.50. The maximum Gasteiger partial charge on any atom is 0.147 e. The van der Waals surface area contributed by atoms with E-state index in [-0.39, 0.29) is 5.82 Å². The van der Waals surface area contributed by atoms with Crippen molar-refractivity contribution in [3.63, 3.8) is 0 Å². The average Bonchev–Trinajstić information content (AvgIpc) is 1.88. The van der Waals surface area contributed by atoms with Gasteiger partial charge in [0.2, 0.25) is 0 Å². The molecule has 0 atom stereocenters.